The highest BCUT2D eigenvalue weighted by Gasteiger charge is 2.32. The van der Waals surface area contributed by atoms with Crippen molar-refractivity contribution in [2.45, 2.75) is 63.7 Å². The number of hydrogen-bond acceptors (Lipinski definition) is 8. The van der Waals surface area contributed by atoms with Crippen molar-refractivity contribution in [3.8, 4) is 0 Å². The lowest BCUT2D eigenvalue weighted by molar-refractivity contribution is -0.144. The number of rotatable bonds is 15. The summed E-state index contributed by atoms with van der Waals surface area (Å²) in [4.78, 5) is 81.6. The van der Waals surface area contributed by atoms with Crippen molar-refractivity contribution in [1.82, 2.24) is 16.0 Å². The molecule has 0 heterocycles. The van der Waals surface area contributed by atoms with Crippen molar-refractivity contribution < 1.29 is 43.8 Å². The summed E-state index contributed by atoms with van der Waals surface area (Å²) in [5.74, 6) is -8.05. The van der Waals surface area contributed by atoms with Crippen LogP contribution in [0.2, 0.25) is 0 Å². The molecule has 0 bridgehead atoms. The summed E-state index contributed by atoms with van der Waals surface area (Å²) in [5.41, 5.74) is 15.5. The number of primary amides is 2. The third kappa shape index (κ3) is 11.4. The molecular formula is C18H30N6O9. The number of carbonyl (C=O) groups is 7. The second-order valence-corrected chi connectivity index (χ2v) is 7.57. The van der Waals surface area contributed by atoms with Gasteiger partial charge in [0.05, 0.1) is 18.9 Å². The van der Waals surface area contributed by atoms with Gasteiger partial charge in [-0.25, -0.2) is 4.79 Å². The third-order valence-electron chi connectivity index (χ3n) is 4.31. The Kier molecular flexibility index (Phi) is 12.1. The molecule has 0 saturated carbocycles. The van der Waals surface area contributed by atoms with E-state index in [9.17, 15) is 33.6 Å². The number of carboxylic acid groups (broad SMARTS) is 2. The third-order valence-corrected chi connectivity index (χ3v) is 4.31. The number of nitrogens with one attached hydrogen (secondary N) is 3. The van der Waals surface area contributed by atoms with Crippen LogP contribution >= 0.6 is 0 Å². The maximum absolute atomic E-state index is 12.7. The van der Waals surface area contributed by atoms with Gasteiger partial charge in [0.25, 0.3) is 0 Å². The number of carboxylic acids is 2. The fraction of sp³-hybridized carbons (Fsp3) is 0.611. The molecule has 186 valence electrons. The highest BCUT2D eigenvalue weighted by atomic mass is 16.4. The van der Waals surface area contributed by atoms with E-state index in [1.807, 2.05) is 0 Å². The average Bonchev–Trinajstić information content (AvgIpc) is 2.66. The summed E-state index contributed by atoms with van der Waals surface area (Å²) in [7, 11) is 0. The SMILES string of the molecule is CC(C)C(NC(=O)C(CCC(N)=O)NC(=O)C(N)CC(=O)O)C(=O)NC(CC(N)=O)C(=O)O. The number of amides is 5. The highest BCUT2D eigenvalue weighted by Crippen LogP contribution is 2.07. The lowest BCUT2D eigenvalue weighted by Gasteiger charge is -2.26. The van der Waals surface area contributed by atoms with Crippen LogP contribution in [0.25, 0.3) is 0 Å². The van der Waals surface area contributed by atoms with Gasteiger partial charge in [0, 0.05) is 6.42 Å². The molecule has 0 spiro atoms. The molecule has 0 rings (SSSR count). The van der Waals surface area contributed by atoms with Gasteiger partial charge in [-0.3, -0.25) is 28.8 Å². The molecular weight excluding hydrogens is 444 g/mol. The molecule has 0 saturated heterocycles. The second kappa shape index (κ2) is 13.6. The van der Waals surface area contributed by atoms with E-state index in [1.165, 1.54) is 13.8 Å². The van der Waals surface area contributed by atoms with Gasteiger partial charge >= 0.3 is 11.9 Å². The molecule has 0 aliphatic carbocycles. The van der Waals surface area contributed by atoms with E-state index < -0.39 is 84.4 Å². The minimum atomic E-state index is -1.63. The van der Waals surface area contributed by atoms with Gasteiger partial charge in [-0.15, -0.1) is 0 Å². The molecule has 4 atom stereocenters. The number of carbonyl (C=O) groups excluding carboxylic acids is 5. The maximum atomic E-state index is 12.7. The van der Waals surface area contributed by atoms with Crippen LogP contribution in [0.4, 0.5) is 0 Å². The molecule has 4 unspecified atom stereocenters. The predicted molar refractivity (Wildman–Crippen MR) is 111 cm³/mol. The summed E-state index contributed by atoms with van der Waals surface area (Å²) in [6.45, 7) is 3.07. The van der Waals surface area contributed by atoms with Gasteiger partial charge in [-0.2, -0.15) is 0 Å². The van der Waals surface area contributed by atoms with Gasteiger partial charge < -0.3 is 43.4 Å². The normalized spacial score (nSPS) is 14.3. The molecule has 0 radical (unpaired) electrons. The molecule has 0 aromatic heterocycles. The zero-order valence-corrected chi connectivity index (χ0v) is 18.2. The zero-order chi connectivity index (χ0) is 25.9. The van der Waals surface area contributed by atoms with Crippen LogP contribution in [0.5, 0.6) is 0 Å². The average molecular weight is 474 g/mol. The van der Waals surface area contributed by atoms with Crippen LogP contribution in [-0.2, 0) is 33.6 Å². The molecule has 33 heavy (non-hydrogen) atoms. The van der Waals surface area contributed by atoms with Crippen LogP contribution < -0.4 is 33.2 Å². The molecule has 11 N–H and O–H groups in total. The lowest BCUT2D eigenvalue weighted by Crippen LogP contribution is -2.58. The Bertz CT molecular complexity index is 785. The van der Waals surface area contributed by atoms with Crippen LogP contribution in [0.15, 0.2) is 0 Å². The topological polar surface area (TPSA) is 274 Å². The van der Waals surface area contributed by atoms with E-state index in [0.717, 1.165) is 0 Å². The first-order valence-electron chi connectivity index (χ1n) is 9.83. The van der Waals surface area contributed by atoms with E-state index in [-0.39, 0.29) is 12.8 Å². The Morgan fingerprint density at radius 2 is 1.30 bits per heavy atom. The Morgan fingerprint density at radius 1 is 0.758 bits per heavy atom. The summed E-state index contributed by atoms with van der Waals surface area (Å²) in [6.07, 6.45) is -2.01. The molecule has 5 amide bonds. The fourth-order valence-corrected chi connectivity index (χ4v) is 2.57. The van der Waals surface area contributed by atoms with Crippen LogP contribution in [0, 0.1) is 5.92 Å². The number of aliphatic carboxylic acids is 2. The van der Waals surface area contributed by atoms with Crippen molar-refractivity contribution in [1.29, 1.82) is 0 Å². The van der Waals surface area contributed by atoms with Gasteiger partial charge in [0.15, 0.2) is 0 Å². The molecule has 0 aliphatic heterocycles. The highest BCUT2D eigenvalue weighted by molar-refractivity contribution is 5.95. The van der Waals surface area contributed by atoms with Gasteiger partial charge in [-0.1, -0.05) is 13.8 Å². The van der Waals surface area contributed by atoms with Gasteiger partial charge in [0.2, 0.25) is 29.5 Å². The molecule has 0 aliphatic rings. The molecule has 15 heteroatoms. The molecule has 0 fully saturated rings. The summed E-state index contributed by atoms with van der Waals surface area (Å²) >= 11 is 0. The van der Waals surface area contributed by atoms with Crippen molar-refractivity contribution >= 4 is 41.5 Å². The van der Waals surface area contributed by atoms with E-state index in [0.29, 0.717) is 0 Å². The Morgan fingerprint density at radius 3 is 1.73 bits per heavy atom. The molecule has 0 aromatic carbocycles. The minimum Gasteiger partial charge on any atom is -0.481 e. The standard InChI is InChI=1S/C18H30N6O9/c1-7(2)14(17(31)23-10(18(32)33)6-12(21)26)24-16(30)9(3-4-11(20)25)22-15(29)8(19)5-13(27)28/h7-10,14H,3-6,19H2,1-2H3,(H2,20,25)(H2,21,26)(H,22,29)(H,23,31)(H,24,30)(H,27,28)(H,32,33). The van der Waals surface area contributed by atoms with Crippen molar-refractivity contribution in [2.24, 2.45) is 23.1 Å². The monoisotopic (exact) mass is 474 g/mol. The van der Waals surface area contributed by atoms with Gasteiger partial charge in [-0.05, 0) is 12.3 Å². The lowest BCUT2D eigenvalue weighted by atomic mass is 10.0. The van der Waals surface area contributed by atoms with Crippen LogP contribution in [0.3, 0.4) is 0 Å². The first-order chi connectivity index (χ1) is 15.1. The predicted octanol–water partition coefficient (Wildman–Crippen LogP) is -3.88. The van der Waals surface area contributed by atoms with Gasteiger partial charge in [0.1, 0.15) is 18.1 Å². The number of nitrogens with two attached hydrogens (primary N) is 3. The van der Waals surface area contributed by atoms with E-state index in [1.54, 1.807) is 0 Å². The maximum Gasteiger partial charge on any atom is 0.326 e. The number of hydrogen-bond donors (Lipinski definition) is 8. The smallest absolute Gasteiger partial charge is 0.326 e. The Balaban J connectivity index is 5.52. The van der Waals surface area contributed by atoms with Crippen molar-refractivity contribution in [2.75, 3.05) is 0 Å². The second-order valence-electron chi connectivity index (χ2n) is 7.57. The van der Waals surface area contributed by atoms with Crippen molar-refractivity contribution in [3.63, 3.8) is 0 Å². The Labute approximate surface area is 188 Å². The summed E-state index contributed by atoms with van der Waals surface area (Å²) in [5, 5.41) is 24.5. The van der Waals surface area contributed by atoms with Crippen LogP contribution in [-0.4, -0.2) is 75.9 Å². The van der Waals surface area contributed by atoms with E-state index >= 15 is 0 Å². The summed E-state index contributed by atoms with van der Waals surface area (Å²) in [6, 6.07) is -5.82. The zero-order valence-electron chi connectivity index (χ0n) is 18.2. The fourth-order valence-electron chi connectivity index (χ4n) is 2.57. The Hall–Kier alpha value is -3.75. The van der Waals surface area contributed by atoms with Crippen LogP contribution in [0.1, 0.15) is 39.5 Å². The van der Waals surface area contributed by atoms with Crippen molar-refractivity contribution in [3.05, 3.63) is 0 Å². The minimum absolute atomic E-state index is 0.279. The molecule has 0 aromatic rings. The first kappa shape index (κ1) is 29.2. The largest absolute Gasteiger partial charge is 0.481 e. The first-order valence-corrected chi connectivity index (χ1v) is 9.83. The van der Waals surface area contributed by atoms with E-state index in [4.69, 9.17) is 27.4 Å². The summed E-state index contributed by atoms with van der Waals surface area (Å²) < 4.78 is 0. The molecule has 15 nitrogen and oxygen atoms in total. The van der Waals surface area contributed by atoms with E-state index in [2.05, 4.69) is 16.0 Å². The quantitative estimate of drug-likeness (QED) is 0.114.